The highest BCUT2D eigenvalue weighted by Gasteiger charge is 2.20. The van der Waals surface area contributed by atoms with Gasteiger partial charge in [0.1, 0.15) is 5.82 Å². The van der Waals surface area contributed by atoms with Crippen molar-refractivity contribution in [2.45, 2.75) is 13.0 Å². The summed E-state index contributed by atoms with van der Waals surface area (Å²) in [7, 11) is 1.54. The average Bonchev–Trinajstić information content (AvgIpc) is 3.27. The van der Waals surface area contributed by atoms with Gasteiger partial charge in [-0.1, -0.05) is 12.1 Å². The molecule has 1 aliphatic heterocycles. The second kappa shape index (κ2) is 11.1. The van der Waals surface area contributed by atoms with E-state index in [-0.39, 0.29) is 24.3 Å². The topological polar surface area (TPSA) is 94.4 Å². The van der Waals surface area contributed by atoms with Crippen LogP contribution >= 0.6 is 0 Å². The summed E-state index contributed by atoms with van der Waals surface area (Å²) < 4.78 is 26.3. The number of carbonyl (C=O) groups excluding carboxylic acids is 1. The van der Waals surface area contributed by atoms with Crippen molar-refractivity contribution in [1.82, 2.24) is 30.0 Å². The maximum Gasteiger partial charge on any atom is 0.254 e. The molecule has 0 saturated carbocycles. The van der Waals surface area contributed by atoms with E-state index in [1.165, 1.54) is 30.3 Å². The molecule has 33 heavy (non-hydrogen) atoms. The van der Waals surface area contributed by atoms with Crippen LogP contribution in [-0.2, 0) is 16.1 Å². The largest absolute Gasteiger partial charge is 0.379 e. The molecule has 1 saturated heterocycles. The molecule has 1 aromatic carbocycles. The molecule has 1 amide bonds. The zero-order valence-electron chi connectivity index (χ0n) is 18.5. The van der Waals surface area contributed by atoms with Gasteiger partial charge in [0, 0.05) is 38.5 Å². The molecule has 1 aliphatic rings. The number of nitrogens with zero attached hydrogens (tertiary/aromatic N) is 5. The molecule has 0 aliphatic carbocycles. The normalized spacial score (nSPS) is 14.4. The van der Waals surface area contributed by atoms with Crippen LogP contribution in [-0.4, -0.2) is 77.1 Å². The van der Waals surface area contributed by atoms with Gasteiger partial charge in [0.2, 0.25) is 0 Å². The Morgan fingerprint density at radius 2 is 2.06 bits per heavy atom. The molecule has 9 nitrogen and oxygen atoms in total. The molecule has 1 N–H and O–H groups in total. The smallest absolute Gasteiger partial charge is 0.254 e. The number of hydrogen-bond acceptors (Lipinski definition) is 7. The Balaban J connectivity index is 1.48. The number of carbonyl (C=O) groups is 1. The van der Waals surface area contributed by atoms with Crippen molar-refractivity contribution in [1.29, 1.82) is 0 Å². The molecule has 2 aromatic heterocycles. The predicted octanol–water partition coefficient (Wildman–Crippen LogP) is 2.07. The summed E-state index contributed by atoms with van der Waals surface area (Å²) in [6, 6.07) is 8.02. The fourth-order valence-electron chi connectivity index (χ4n) is 3.71. The first-order valence-corrected chi connectivity index (χ1v) is 10.9. The maximum atomic E-state index is 14.2. The molecular weight excluding hydrogens is 427 g/mol. The van der Waals surface area contributed by atoms with Gasteiger partial charge < -0.3 is 14.8 Å². The first-order valence-electron chi connectivity index (χ1n) is 10.9. The Bertz CT molecular complexity index is 1080. The van der Waals surface area contributed by atoms with Crippen LogP contribution in [0, 0.1) is 5.82 Å². The van der Waals surface area contributed by atoms with Crippen molar-refractivity contribution < 1.29 is 18.7 Å². The van der Waals surface area contributed by atoms with Crippen LogP contribution in [0.4, 0.5) is 4.39 Å². The average molecular weight is 455 g/mol. The quantitative estimate of drug-likeness (QED) is 0.495. The standard InChI is InChI=1S/C23H27FN6O3/c1-32-16-21-18(22(31)25-8-4-10-29-11-13-33-14-12-29)15-27-30(21)23-26-9-7-20(28-23)17-5-2-3-6-19(17)24/h2-3,5-7,9,15H,4,8,10-14,16H2,1H3,(H,25,31). The lowest BCUT2D eigenvalue weighted by Gasteiger charge is -2.26. The summed E-state index contributed by atoms with van der Waals surface area (Å²) in [6.45, 7) is 4.95. The van der Waals surface area contributed by atoms with Crippen molar-refractivity contribution >= 4 is 5.91 Å². The fourth-order valence-corrected chi connectivity index (χ4v) is 3.71. The lowest BCUT2D eigenvalue weighted by molar-refractivity contribution is 0.0374. The Labute approximate surface area is 191 Å². The molecule has 0 radical (unpaired) electrons. The molecule has 10 heteroatoms. The van der Waals surface area contributed by atoms with Crippen LogP contribution in [0.1, 0.15) is 22.5 Å². The number of amides is 1. The van der Waals surface area contributed by atoms with Crippen LogP contribution in [0.2, 0.25) is 0 Å². The summed E-state index contributed by atoms with van der Waals surface area (Å²) in [4.78, 5) is 23.9. The first-order chi connectivity index (χ1) is 16.2. The lowest BCUT2D eigenvalue weighted by atomic mass is 10.1. The van der Waals surface area contributed by atoms with Crippen LogP contribution < -0.4 is 5.32 Å². The Kier molecular flexibility index (Phi) is 7.71. The molecule has 174 valence electrons. The van der Waals surface area contributed by atoms with Gasteiger partial charge in [0.05, 0.1) is 43.0 Å². The van der Waals surface area contributed by atoms with Crippen molar-refractivity contribution in [2.75, 3.05) is 46.5 Å². The first kappa shape index (κ1) is 23.0. The Morgan fingerprint density at radius 1 is 1.24 bits per heavy atom. The maximum absolute atomic E-state index is 14.2. The van der Waals surface area contributed by atoms with Gasteiger partial charge in [-0.2, -0.15) is 9.78 Å². The molecule has 0 unspecified atom stereocenters. The van der Waals surface area contributed by atoms with Gasteiger partial charge in [-0.05, 0) is 31.2 Å². The second-order valence-corrected chi connectivity index (χ2v) is 7.63. The summed E-state index contributed by atoms with van der Waals surface area (Å²) in [5.41, 5.74) is 1.70. The number of aromatic nitrogens is 4. The number of ether oxygens (including phenoxy) is 2. The Hall–Kier alpha value is -3.21. The van der Waals surface area contributed by atoms with E-state index >= 15 is 0 Å². The van der Waals surface area contributed by atoms with E-state index in [4.69, 9.17) is 9.47 Å². The van der Waals surface area contributed by atoms with Crippen LogP contribution in [0.15, 0.2) is 42.7 Å². The molecule has 4 rings (SSSR count). The summed E-state index contributed by atoms with van der Waals surface area (Å²) in [5.74, 6) is -0.383. The number of methoxy groups -OCH3 is 1. The van der Waals surface area contributed by atoms with Gasteiger partial charge in [-0.25, -0.2) is 14.4 Å². The molecule has 0 atom stereocenters. The molecule has 3 aromatic rings. The number of benzene rings is 1. The van der Waals surface area contributed by atoms with Crippen molar-refractivity contribution in [3.05, 3.63) is 59.8 Å². The highest BCUT2D eigenvalue weighted by molar-refractivity contribution is 5.95. The van der Waals surface area contributed by atoms with E-state index in [0.717, 1.165) is 39.3 Å². The highest BCUT2D eigenvalue weighted by atomic mass is 19.1. The van der Waals surface area contributed by atoms with E-state index in [9.17, 15) is 9.18 Å². The minimum absolute atomic E-state index is 0.143. The van der Waals surface area contributed by atoms with Gasteiger partial charge in [-0.15, -0.1) is 0 Å². The summed E-state index contributed by atoms with van der Waals surface area (Å²) in [6.07, 6.45) is 3.85. The molecular formula is C23H27FN6O3. The molecule has 3 heterocycles. The van der Waals surface area contributed by atoms with E-state index in [1.54, 1.807) is 24.3 Å². The number of nitrogens with one attached hydrogen (secondary N) is 1. The van der Waals surface area contributed by atoms with Crippen LogP contribution in [0.25, 0.3) is 17.2 Å². The van der Waals surface area contributed by atoms with Crippen molar-refractivity contribution in [3.8, 4) is 17.2 Å². The van der Waals surface area contributed by atoms with Crippen molar-refractivity contribution in [3.63, 3.8) is 0 Å². The molecule has 0 bridgehead atoms. The number of rotatable bonds is 9. The van der Waals surface area contributed by atoms with E-state index in [2.05, 4.69) is 25.3 Å². The lowest BCUT2D eigenvalue weighted by Crippen LogP contribution is -2.38. The summed E-state index contributed by atoms with van der Waals surface area (Å²) in [5, 5.41) is 7.27. The molecule has 0 spiro atoms. The zero-order chi connectivity index (χ0) is 23.0. The number of halogens is 1. The minimum Gasteiger partial charge on any atom is -0.379 e. The number of morpholine rings is 1. The molecule has 1 fully saturated rings. The minimum atomic E-state index is -0.378. The van der Waals surface area contributed by atoms with E-state index in [0.29, 0.717) is 29.1 Å². The number of hydrogen-bond donors (Lipinski definition) is 1. The fraction of sp³-hybridized carbons (Fsp3) is 0.391. The third-order valence-electron chi connectivity index (χ3n) is 5.42. The highest BCUT2D eigenvalue weighted by Crippen LogP contribution is 2.21. The van der Waals surface area contributed by atoms with Gasteiger partial charge in [0.25, 0.3) is 11.9 Å². The predicted molar refractivity (Wildman–Crippen MR) is 119 cm³/mol. The SMILES string of the molecule is COCc1c(C(=O)NCCCN2CCOCC2)cnn1-c1nccc(-c2ccccc2F)n1. The van der Waals surface area contributed by atoms with E-state index < -0.39 is 0 Å². The van der Waals surface area contributed by atoms with Gasteiger partial charge >= 0.3 is 0 Å². The van der Waals surface area contributed by atoms with E-state index in [1.807, 2.05) is 0 Å². The van der Waals surface area contributed by atoms with Crippen LogP contribution in [0.3, 0.4) is 0 Å². The summed E-state index contributed by atoms with van der Waals surface area (Å²) >= 11 is 0. The third-order valence-corrected chi connectivity index (χ3v) is 5.42. The van der Waals surface area contributed by atoms with Gasteiger partial charge in [-0.3, -0.25) is 9.69 Å². The second-order valence-electron chi connectivity index (χ2n) is 7.63. The monoisotopic (exact) mass is 454 g/mol. The Morgan fingerprint density at radius 3 is 2.85 bits per heavy atom. The van der Waals surface area contributed by atoms with Crippen molar-refractivity contribution in [2.24, 2.45) is 0 Å². The van der Waals surface area contributed by atoms with Gasteiger partial charge in [0.15, 0.2) is 0 Å². The zero-order valence-corrected chi connectivity index (χ0v) is 18.5. The third kappa shape index (κ3) is 5.59. The van der Waals surface area contributed by atoms with Crippen LogP contribution in [0.5, 0.6) is 0 Å².